The second kappa shape index (κ2) is 9.54. The Morgan fingerprint density at radius 3 is 2.44 bits per heavy atom. The molecule has 4 nitrogen and oxygen atoms in total. The number of likely N-dealkylation sites (tertiary alicyclic amines) is 1. The van der Waals surface area contributed by atoms with Crippen LogP contribution in [0, 0.1) is 24.1 Å². The number of benzene rings is 1. The van der Waals surface area contributed by atoms with Gasteiger partial charge in [0.1, 0.15) is 11.6 Å². The molecule has 152 valence electrons. The standard InChI is InChI=1S/C17H22FNO2.C5H12O/c1-12-15(18)7-14(8-16(12)21-2)13-3-5-17(6-4-13)9-19(10-17)11-20;1-3-5(2)4-6/h7-8,11,13H,3-6,9-10H2,1-2H3;5-6H,3-4H2,1-2H3. The fraction of sp³-hybridized carbons (Fsp3) is 0.682. The highest BCUT2D eigenvalue weighted by atomic mass is 19.1. The van der Waals surface area contributed by atoms with E-state index >= 15 is 0 Å². The van der Waals surface area contributed by atoms with Crippen LogP contribution in [0.2, 0.25) is 0 Å². The van der Waals surface area contributed by atoms with Gasteiger partial charge in [0.2, 0.25) is 6.41 Å². The molecule has 1 saturated carbocycles. The van der Waals surface area contributed by atoms with E-state index in [4.69, 9.17) is 9.84 Å². The van der Waals surface area contributed by atoms with Crippen LogP contribution in [-0.2, 0) is 4.79 Å². The van der Waals surface area contributed by atoms with Crippen molar-refractivity contribution < 1.29 is 19.0 Å². The highest BCUT2D eigenvalue weighted by Crippen LogP contribution is 2.48. The van der Waals surface area contributed by atoms with E-state index in [9.17, 15) is 9.18 Å². The normalized spacial score (nSPS) is 19.7. The summed E-state index contributed by atoms with van der Waals surface area (Å²) in [5, 5.41) is 8.33. The number of carbonyl (C=O) groups excluding carboxylic acids is 1. The summed E-state index contributed by atoms with van der Waals surface area (Å²) in [6.07, 6.45) is 6.41. The van der Waals surface area contributed by atoms with Crippen LogP contribution in [0.4, 0.5) is 4.39 Å². The van der Waals surface area contributed by atoms with Crippen LogP contribution in [0.3, 0.4) is 0 Å². The summed E-state index contributed by atoms with van der Waals surface area (Å²) < 4.78 is 19.3. The first-order chi connectivity index (χ1) is 12.9. The number of ether oxygens (including phenoxy) is 1. The van der Waals surface area contributed by atoms with Crippen molar-refractivity contribution >= 4 is 6.41 Å². The highest BCUT2D eigenvalue weighted by Gasteiger charge is 2.44. The van der Waals surface area contributed by atoms with E-state index < -0.39 is 0 Å². The molecule has 0 aromatic heterocycles. The summed E-state index contributed by atoms with van der Waals surface area (Å²) in [5.74, 6) is 1.36. The zero-order valence-electron chi connectivity index (χ0n) is 17.1. The maximum absolute atomic E-state index is 14.0. The van der Waals surface area contributed by atoms with Gasteiger partial charge in [-0.25, -0.2) is 4.39 Å². The average Bonchev–Trinajstić information content (AvgIpc) is 2.68. The maximum Gasteiger partial charge on any atom is 0.209 e. The lowest BCUT2D eigenvalue weighted by atomic mass is 9.65. The van der Waals surface area contributed by atoms with Gasteiger partial charge in [-0.1, -0.05) is 20.3 Å². The van der Waals surface area contributed by atoms with Crippen molar-refractivity contribution in [3.8, 4) is 5.75 Å². The Hall–Kier alpha value is -1.62. The Balaban J connectivity index is 0.000000380. The molecule has 1 saturated heterocycles. The molecule has 1 spiro atoms. The van der Waals surface area contributed by atoms with Gasteiger partial charge in [0.25, 0.3) is 0 Å². The minimum absolute atomic E-state index is 0.180. The number of carbonyl (C=O) groups is 1. The van der Waals surface area contributed by atoms with Crippen LogP contribution in [0.25, 0.3) is 0 Å². The first kappa shape index (κ1) is 21.7. The minimum atomic E-state index is -0.180. The molecule has 1 aromatic carbocycles. The van der Waals surface area contributed by atoms with Crippen molar-refractivity contribution in [2.75, 3.05) is 26.8 Å². The fourth-order valence-electron chi connectivity index (χ4n) is 4.02. The number of amides is 1. The first-order valence-corrected chi connectivity index (χ1v) is 10.0. The van der Waals surface area contributed by atoms with Gasteiger partial charge in [0.15, 0.2) is 0 Å². The van der Waals surface area contributed by atoms with Gasteiger partial charge in [-0.2, -0.15) is 0 Å². The Kier molecular flexibility index (Phi) is 7.66. The molecule has 1 N–H and O–H groups in total. The molecule has 1 aromatic rings. The lowest BCUT2D eigenvalue weighted by Gasteiger charge is -2.52. The third-order valence-electron chi connectivity index (χ3n) is 6.29. The number of halogens is 1. The summed E-state index contributed by atoms with van der Waals surface area (Å²) in [6.45, 7) is 7.97. The summed E-state index contributed by atoms with van der Waals surface area (Å²) in [6, 6.07) is 3.65. The molecule has 5 heteroatoms. The van der Waals surface area contributed by atoms with Crippen molar-refractivity contribution in [1.82, 2.24) is 4.90 Å². The van der Waals surface area contributed by atoms with Crippen LogP contribution < -0.4 is 4.74 Å². The highest BCUT2D eigenvalue weighted by molar-refractivity contribution is 5.49. The second-order valence-electron chi connectivity index (χ2n) is 8.31. The smallest absolute Gasteiger partial charge is 0.209 e. The number of aliphatic hydroxyl groups is 1. The SMILES string of the molecule is CCC(C)CO.COc1cc(C2CCC3(CC2)CN(C=O)C3)cc(F)c1C. The molecule has 0 radical (unpaired) electrons. The molecule has 1 aliphatic heterocycles. The summed E-state index contributed by atoms with van der Waals surface area (Å²) in [7, 11) is 1.59. The predicted molar refractivity (Wildman–Crippen MR) is 106 cm³/mol. The van der Waals surface area contributed by atoms with Gasteiger partial charge in [-0.3, -0.25) is 4.79 Å². The topological polar surface area (TPSA) is 49.8 Å². The Morgan fingerprint density at radius 2 is 2.00 bits per heavy atom. The molecule has 3 rings (SSSR count). The zero-order valence-corrected chi connectivity index (χ0v) is 17.1. The van der Waals surface area contributed by atoms with Gasteiger partial charge in [0, 0.05) is 30.7 Å². The summed E-state index contributed by atoms with van der Waals surface area (Å²) >= 11 is 0. The zero-order chi connectivity index (χ0) is 20.0. The van der Waals surface area contributed by atoms with Gasteiger partial charge >= 0.3 is 0 Å². The van der Waals surface area contributed by atoms with Crippen molar-refractivity contribution in [3.63, 3.8) is 0 Å². The van der Waals surface area contributed by atoms with Crippen molar-refractivity contribution in [1.29, 1.82) is 0 Å². The molecule has 2 aliphatic rings. The average molecular weight is 380 g/mol. The fourth-order valence-corrected chi connectivity index (χ4v) is 4.02. The molecule has 1 aliphatic carbocycles. The molecule has 1 unspecified atom stereocenters. The van der Waals surface area contributed by atoms with E-state index in [-0.39, 0.29) is 5.82 Å². The van der Waals surface area contributed by atoms with Crippen molar-refractivity contribution in [2.45, 2.75) is 58.8 Å². The van der Waals surface area contributed by atoms with Crippen LogP contribution in [0.1, 0.15) is 63.0 Å². The van der Waals surface area contributed by atoms with E-state index in [0.29, 0.717) is 35.2 Å². The van der Waals surface area contributed by atoms with Crippen LogP contribution in [0.5, 0.6) is 5.75 Å². The van der Waals surface area contributed by atoms with Crippen molar-refractivity contribution in [2.24, 2.45) is 11.3 Å². The van der Waals surface area contributed by atoms with E-state index in [2.05, 4.69) is 6.92 Å². The molecule has 27 heavy (non-hydrogen) atoms. The predicted octanol–water partition coefficient (Wildman–Crippen LogP) is 4.28. The van der Waals surface area contributed by atoms with E-state index in [1.807, 2.05) is 17.9 Å². The number of nitrogens with zero attached hydrogens (tertiary/aromatic N) is 1. The monoisotopic (exact) mass is 379 g/mol. The molecular formula is C22H34FNO3. The molecule has 2 fully saturated rings. The molecule has 1 heterocycles. The third-order valence-corrected chi connectivity index (χ3v) is 6.29. The van der Waals surface area contributed by atoms with Crippen LogP contribution >= 0.6 is 0 Å². The third kappa shape index (κ3) is 5.22. The van der Waals surface area contributed by atoms with Crippen LogP contribution in [-0.4, -0.2) is 43.2 Å². The second-order valence-corrected chi connectivity index (χ2v) is 8.31. The van der Waals surface area contributed by atoms with Crippen LogP contribution in [0.15, 0.2) is 12.1 Å². The first-order valence-electron chi connectivity index (χ1n) is 10.0. The van der Waals surface area contributed by atoms with Gasteiger partial charge < -0.3 is 14.7 Å². The molecule has 1 amide bonds. The molecule has 0 bridgehead atoms. The lowest BCUT2D eigenvalue weighted by molar-refractivity contribution is -0.131. The van der Waals surface area contributed by atoms with E-state index in [1.54, 1.807) is 20.1 Å². The number of hydrogen-bond donors (Lipinski definition) is 1. The number of rotatable bonds is 5. The molecular weight excluding hydrogens is 345 g/mol. The Morgan fingerprint density at radius 1 is 1.37 bits per heavy atom. The van der Waals surface area contributed by atoms with Gasteiger partial charge in [-0.15, -0.1) is 0 Å². The summed E-state index contributed by atoms with van der Waals surface area (Å²) in [4.78, 5) is 12.6. The van der Waals surface area contributed by atoms with E-state index in [1.165, 1.54) is 0 Å². The number of hydrogen-bond acceptors (Lipinski definition) is 3. The minimum Gasteiger partial charge on any atom is -0.496 e. The van der Waals surface area contributed by atoms with E-state index in [0.717, 1.165) is 57.2 Å². The van der Waals surface area contributed by atoms with Crippen molar-refractivity contribution in [3.05, 3.63) is 29.1 Å². The Labute approximate surface area is 162 Å². The maximum atomic E-state index is 14.0. The van der Waals surface area contributed by atoms with Gasteiger partial charge in [-0.05, 0) is 62.1 Å². The van der Waals surface area contributed by atoms with Gasteiger partial charge in [0.05, 0.1) is 7.11 Å². The molecule has 1 atom stereocenters. The summed E-state index contributed by atoms with van der Waals surface area (Å²) in [5.41, 5.74) is 1.97. The quantitative estimate of drug-likeness (QED) is 0.777. The number of aliphatic hydroxyl groups excluding tert-OH is 1. The lowest BCUT2D eigenvalue weighted by Crippen LogP contribution is -2.56. The largest absolute Gasteiger partial charge is 0.496 e. The Bertz CT molecular complexity index is 614. The number of methoxy groups -OCH3 is 1.